The number of fused-ring (bicyclic) bond motifs is 2. The van der Waals surface area contributed by atoms with Crippen LogP contribution < -0.4 is 4.74 Å². The van der Waals surface area contributed by atoms with Crippen LogP contribution >= 0.6 is 0 Å². The Bertz CT molecular complexity index is 454. The lowest BCUT2D eigenvalue weighted by Crippen LogP contribution is -2.24. The Morgan fingerprint density at radius 1 is 1.50 bits per heavy atom. The first-order chi connectivity index (χ1) is 7.68. The van der Waals surface area contributed by atoms with E-state index < -0.39 is 5.97 Å². The lowest BCUT2D eigenvalue weighted by molar-refractivity contribution is -0.139. The van der Waals surface area contributed by atoms with Gasteiger partial charge in [-0.2, -0.15) is 0 Å². The van der Waals surface area contributed by atoms with Crippen molar-refractivity contribution < 1.29 is 14.6 Å². The molecule has 1 aromatic carbocycles. The van der Waals surface area contributed by atoms with Crippen LogP contribution in [-0.2, 0) is 10.2 Å². The van der Waals surface area contributed by atoms with Crippen LogP contribution in [0.15, 0.2) is 24.3 Å². The summed E-state index contributed by atoms with van der Waals surface area (Å²) in [6, 6.07) is 7.83. The normalized spacial score (nSPS) is 35.3. The number of carbonyl (C=O) groups is 1. The van der Waals surface area contributed by atoms with Gasteiger partial charge in [0, 0.05) is 11.0 Å². The monoisotopic (exact) mass is 218 g/mol. The molecule has 1 aromatic rings. The fourth-order valence-electron chi connectivity index (χ4n) is 3.30. The van der Waals surface area contributed by atoms with E-state index in [2.05, 4.69) is 0 Å². The first kappa shape index (κ1) is 9.70. The third-order valence-corrected chi connectivity index (χ3v) is 4.19. The molecule has 3 unspecified atom stereocenters. The van der Waals surface area contributed by atoms with Crippen LogP contribution in [0.1, 0.15) is 18.9 Å². The van der Waals surface area contributed by atoms with Crippen molar-refractivity contribution in [3.63, 3.8) is 0 Å². The maximum absolute atomic E-state index is 11.2. The zero-order valence-corrected chi connectivity index (χ0v) is 9.14. The van der Waals surface area contributed by atoms with E-state index in [1.807, 2.05) is 31.2 Å². The maximum atomic E-state index is 11.2. The van der Waals surface area contributed by atoms with Crippen molar-refractivity contribution in [2.24, 2.45) is 11.8 Å². The van der Waals surface area contributed by atoms with Crippen molar-refractivity contribution in [2.75, 3.05) is 6.61 Å². The van der Waals surface area contributed by atoms with Gasteiger partial charge in [-0.1, -0.05) is 25.1 Å². The number of aliphatic carboxylic acids is 1. The molecule has 3 nitrogen and oxygen atoms in total. The number of ether oxygens (including phenoxy) is 1. The van der Waals surface area contributed by atoms with Crippen LogP contribution in [0.25, 0.3) is 0 Å². The average molecular weight is 218 g/mol. The molecular formula is C13H14O3. The van der Waals surface area contributed by atoms with Gasteiger partial charge in [-0.3, -0.25) is 4.79 Å². The van der Waals surface area contributed by atoms with Crippen LogP contribution in [-0.4, -0.2) is 17.7 Å². The van der Waals surface area contributed by atoms with E-state index in [-0.39, 0.29) is 17.3 Å². The molecule has 84 valence electrons. The molecule has 3 rings (SSSR count). The lowest BCUT2D eigenvalue weighted by atomic mass is 9.86. The quantitative estimate of drug-likeness (QED) is 0.784. The lowest BCUT2D eigenvalue weighted by Gasteiger charge is -2.26. The van der Waals surface area contributed by atoms with E-state index in [1.165, 1.54) is 0 Å². The summed E-state index contributed by atoms with van der Waals surface area (Å²) in [6.07, 6.45) is 0.822. The maximum Gasteiger partial charge on any atom is 0.307 e. The molecule has 3 heteroatoms. The van der Waals surface area contributed by atoms with E-state index in [9.17, 15) is 9.90 Å². The zero-order chi connectivity index (χ0) is 11.3. The van der Waals surface area contributed by atoms with Crippen molar-refractivity contribution >= 4 is 5.97 Å². The topological polar surface area (TPSA) is 46.5 Å². The molecule has 1 fully saturated rings. The minimum atomic E-state index is -0.677. The molecule has 3 atom stereocenters. The molecule has 0 amide bonds. The molecule has 1 aliphatic carbocycles. The zero-order valence-electron chi connectivity index (χ0n) is 9.14. The Morgan fingerprint density at radius 2 is 2.25 bits per heavy atom. The highest BCUT2D eigenvalue weighted by atomic mass is 16.5. The number of rotatable bonds is 1. The molecule has 1 heterocycles. The van der Waals surface area contributed by atoms with Crippen LogP contribution in [0.3, 0.4) is 0 Å². The summed E-state index contributed by atoms with van der Waals surface area (Å²) >= 11 is 0. The second-order valence-electron chi connectivity index (χ2n) is 4.74. The SMILES string of the molecule is CC1C(C(=O)O)C12CCOc1ccccc12. The van der Waals surface area contributed by atoms with Gasteiger partial charge in [-0.25, -0.2) is 0 Å². The third kappa shape index (κ3) is 1.01. The van der Waals surface area contributed by atoms with Crippen LogP contribution in [0, 0.1) is 11.8 Å². The van der Waals surface area contributed by atoms with Gasteiger partial charge in [0.25, 0.3) is 0 Å². The van der Waals surface area contributed by atoms with Gasteiger partial charge in [0.05, 0.1) is 12.5 Å². The largest absolute Gasteiger partial charge is 0.493 e. The number of carboxylic acids is 1. The molecular weight excluding hydrogens is 204 g/mol. The van der Waals surface area contributed by atoms with Gasteiger partial charge in [0.2, 0.25) is 0 Å². The second-order valence-corrected chi connectivity index (χ2v) is 4.74. The summed E-state index contributed by atoms with van der Waals surface area (Å²) in [5.41, 5.74) is 0.918. The molecule has 1 N–H and O–H groups in total. The second kappa shape index (κ2) is 3.00. The van der Waals surface area contributed by atoms with E-state index in [1.54, 1.807) is 0 Å². The van der Waals surface area contributed by atoms with Crippen molar-refractivity contribution in [1.29, 1.82) is 0 Å². The molecule has 0 saturated heterocycles. The number of carboxylic acid groups (broad SMARTS) is 1. The highest BCUT2D eigenvalue weighted by Crippen LogP contribution is 2.65. The van der Waals surface area contributed by atoms with Crippen LogP contribution in [0.2, 0.25) is 0 Å². The Labute approximate surface area is 94.0 Å². The molecule has 0 bridgehead atoms. The Balaban J connectivity index is 2.10. The minimum Gasteiger partial charge on any atom is -0.493 e. The molecule has 1 saturated carbocycles. The molecule has 1 aliphatic heterocycles. The van der Waals surface area contributed by atoms with E-state index >= 15 is 0 Å². The van der Waals surface area contributed by atoms with E-state index in [0.29, 0.717) is 6.61 Å². The highest BCUT2D eigenvalue weighted by molar-refractivity contribution is 5.79. The summed E-state index contributed by atoms with van der Waals surface area (Å²) in [6.45, 7) is 2.66. The third-order valence-electron chi connectivity index (χ3n) is 4.19. The first-order valence-electron chi connectivity index (χ1n) is 5.63. The minimum absolute atomic E-state index is 0.166. The summed E-state index contributed by atoms with van der Waals surface area (Å²) in [5, 5.41) is 9.23. The Morgan fingerprint density at radius 3 is 2.94 bits per heavy atom. The summed E-state index contributed by atoms with van der Waals surface area (Å²) in [7, 11) is 0. The summed E-state index contributed by atoms with van der Waals surface area (Å²) in [5.74, 6) is 0.168. The van der Waals surface area contributed by atoms with Gasteiger partial charge in [0.1, 0.15) is 5.75 Å². The van der Waals surface area contributed by atoms with Gasteiger partial charge in [-0.15, -0.1) is 0 Å². The molecule has 16 heavy (non-hydrogen) atoms. The van der Waals surface area contributed by atoms with Crippen molar-refractivity contribution in [1.82, 2.24) is 0 Å². The van der Waals surface area contributed by atoms with Gasteiger partial charge >= 0.3 is 5.97 Å². The number of benzene rings is 1. The number of hydrogen-bond acceptors (Lipinski definition) is 2. The van der Waals surface area contributed by atoms with Crippen molar-refractivity contribution in [2.45, 2.75) is 18.8 Å². The van der Waals surface area contributed by atoms with Gasteiger partial charge in [-0.05, 0) is 18.4 Å². The first-order valence-corrected chi connectivity index (χ1v) is 5.63. The molecule has 2 aliphatic rings. The number of hydrogen-bond donors (Lipinski definition) is 1. The van der Waals surface area contributed by atoms with Crippen molar-refractivity contribution in [3.8, 4) is 5.75 Å². The number of para-hydroxylation sites is 1. The van der Waals surface area contributed by atoms with E-state index in [4.69, 9.17) is 4.74 Å². The summed E-state index contributed by atoms with van der Waals surface area (Å²) in [4.78, 5) is 11.2. The molecule has 1 spiro atoms. The molecule has 0 radical (unpaired) electrons. The predicted octanol–water partition coefficient (Wildman–Crippen LogP) is 2.06. The fraction of sp³-hybridized carbons (Fsp3) is 0.462. The van der Waals surface area contributed by atoms with Gasteiger partial charge < -0.3 is 9.84 Å². The Hall–Kier alpha value is -1.51. The highest BCUT2D eigenvalue weighted by Gasteiger charge is 2.68. The smallest absolute Gasteiger partial charge is 0.307 e. The fourth-order valence-corrected chi connectivity index (χ4v) is 3.30. The van der Waals surface area contributed by atoms with Gasteiger partial charge in [0.15, 0.2) is 0 Å². The van der Waals surface area contributed by atoms with Crippen molar-refractivity contribution in [3.05, 3.63) is 29.8 Å². The standard InChI is InChI=1S/C13H14O3/c1-8-11(12(14)15)13(8)6-7-16-10-5-3-2-4-9(10)13/h2-5,8,11H,6-7H2,1H3,(H,14,15). The van der Waals surface area contributed by atoms with E-state index in [0.717, 1.165) is 17.7 Å². The Kier molecular flexibility index (Phi) is 1.82. The average Bonchev–Trinajstić information content (AvgIpc) is 2.85. The molecule has 0 aromatic heterocycles. The van der Waals surface area contributed by atoms with Crippen LogP contribution in [0.4, 0.5) is 0 Å². The summed E-state index contributed by atoms with van der Waals surface area (Å²) < 4.78 is 5.58. The predicted molar refractivity (Wildman–Crippen MR) is 58.5 cm³/mol. The van der Waals surface area contributed by atoms with Crippen LogP contribution in [0.5, 0.6) is 5.75 Å².